The number of esters is 1. The summed E-state index contributed by atoms with van der Waals surface area (Å²) < 4.78 is 52.5. The molecule has 0 fully saturated rings. The van der Waals surface area contributed by atoms with E-state index in [1.54, 1.807) is 57.2 Å². The van der Waals surface area contributed by atoms with Gasteiger partial charge >= 0.3 is 11.9 Å². The Morgan fingerprint density at radius 1 is 1.12 bits per heavy atom. The number of hydrogen-bond acceptors (Lipinski definition) is 5. The number of benzene rings is 2. The lowest BCUT2D eigenvalue weighted by Crippen LogP contribution is -2.61. The summed E-state index contributed by atoms with van der Waals surface area (Å²) in [6.45, 7) is 9.23. The van der Waals surface area contributed by atoms with Crippen LogP contribution in [0.2, 0.25) is 0 Å². The predicted molar refractivity (Wildman–Crippen MR) is 132 cm³/mol. The van der Waals surface area contributed by atoms with Gasteiger partial charge in [-0.1, -0.05) is 12.0 Å². The molecule has 0 aliphatic carbocycles. The molecule has 0 radical (unpaired) electrons. The molecule has 0 bridgehead atoms. The molecule has 3 aromatic rings. The Morgan fingerprint density at radius 2 is 1.73 bits per heavy atom. The second-order valence-electron chi connectivity index (χ2n) is 8.80. The predicted octanol–water partition coefficient (Wildman–Crippen LogP) is 5.89. The van der Waals surface area contributed by atoms with Gasteiger partial charge in [0.2, 0.25) is 0 Å². The number of ether oxygens (including phenoxy) is 1. The van der Waals surface area contributed by atoms with Gasteiger partial charge in [-0.15, -0.1) is 22.0 Å². The first-order valence-corrected chi connectivity index (χ1v) is 12.5. The number of alkyl halides is 2. The molecule has 33 heavy (non-hydrogen) atoms. The van der Waals surface area contributed by atoms with Gasteiger partial charge in [-0.05, 0) is 77.4 Å². The fourth-order valence-corrected chi connectivity index (χ4v) is 5.37. The smallest absolute Gasteiger partial charge is 0.379 e. The van der Waals surface area contributed by atoms with Crippen molar-refractivity contribution in [2.24, 2.45) is 0 Å². The molecule has 1 N–H and O–H groups in total. The number of rotatable bonds is 6. The quantitative estimate of drug-likeness (QED) is 0.265. The average molecular weight is 492 g/mol. The van der Waals surface area contributed by atoms with Crippen LogP contribution in [0.3, 0.4) is 0 Å². The SMILES string of the molecule is CC#Cc1ccc2sc3ccc([C@@](C)(N[S@+]([O-])C(C)(C)C)C(F)(F)C(=O)OCC)cc3c2c1. The van der Waals surface area contributed by atoms with Crippen molar-refractivity contribution in [2.75, 3.05) is 6.61 Å². The van der Waals surface area contributed by atoms with Crippen molar-refractivity contribution in [1.82, 2.24) is 4.72 Å². The summed E-state index contributed by atoms with van der Waals surface area (Å²) in [5.41, 5.74) is -1.32. The minimum atomic E-state index is -3.98. The maximum absolute atomic E-state index is 15.6. The van der Waals surface area contributed by atoms with E-state index in [1.165, 1.54) is 13.8 Å². The topological polar surface area (TPSA) is 61.4 Å². The molecule has 8 heteroatoms. The third-order valence-electron chi connectivity index (χ3n) is 5.33. The fourth-order valence-electron chi connectivity index (χ4n) is 3.38. The zero-order chi connectivity index (χ0) is 24.6. The van der Waals surface area contributed by atoms with E-state index in [9.17, 15) is 9.35 Å². The first-order chi connectivity index (χ1) is 15.3. The molecule has 1 heterocycles. The highest BCUT2D eigenvalue weighted by Gasteiger charge is 2.61. The van der Waals surface area contributed by atoms with Gasteiger partial charge in [-0.2, -0.15) is 8.78 Å². The molecule has 0 aliphatic heterocycles. The van der Waals surface area contributed by atoms with Gasteiger partial charge in [-0.3, -0.25) is 0 Å². The standard InChI is InChI=1S/C25H27F2NO3S2/c1-7-9-16-10-12-20-18(14-16)19-15-17(11-13-21(19)32-20)24(6,28-33(30)23(3,4)5)25(26,27)22(29)31-8-2/h10-15,28H,8H2,1-6H3/t24-,33-/m1/s1. The summed E-state index contributed by atoms with van der Waals surface area (Å²) >= 11 is -0.345. The van der Waals surface area contributed by atoms with Gasteiger partial charge in [-0.25, -0.2) is 4.79 Å². The zero-order valence-electron chi connectivity index (χ0n) is 19.5. The van der Waals surface area contributed by atoms with E-state index in [2.05, 4.69) is 21.3 Å². The second-order valence-corrected chi connectivity index (χ2v) is 11.9. The van der Waals surface area contributed by atoms with Gasteiger partial charge < -0.3 is 9.29 Å². The third kappa shape index (κ3) is 4.73. The number of halogens is 2. The van der Waals surface area contributed by atoms with Crippen LogP contribution in [-0.2, 0) is 26.4 Å². The lowest BCUT2D eigenvalue weighted by Gasteiger charge is -2.38. The van der Waals surface area contributed by atoms with Crippen molar-refractivity contribution in [1.29, 1.82) is 0 Å². The fraction of sp³-hybridized carbons (Fsp3) is 0.400. The number of carbonyl (C=O) groups excluding carboxylic acids is 1. The average Bonchev–Trinajstić information content (AvgIpc) is 3.10. The summed E-state index contributed by atoms with van der Waals surface area (Å²) in [5.74, 6) is 0.230. The molecular formula is C25H27F2NO3S2. The summed E-state index contributed by atoms with van der Waals surface area (Å²) in [7, 11) is 0. The Kier molecular flexibility index (Phi) is 7.11. The Hall–Kier alpha value is -2.18. The van der Waals surface area contributed by atoms with Crippen molar-refractivity contribution in [3.8, 4) is 11.8 Å². The summed E-state index contributed by atoms with van der Waals surface area (Å²) in [5, 5.41) is 1.65. The van der Waals surface area contributed by atoms with Crippen LogP contribution in [0.25, 0.3) is 20.2 Å². The number of thiophene rings is 1. The van der Waals surface area contributed by atoms with Crippen LogP contribution in [-0.4, -0.2) is 27.8 Å². The first kappa shape index (κ1) is 25.4. The molecule has 2 aromatic carbocycles. The third-order valence-corrected chi connectivity index (χ3v) is 8.19. The van der Waals surface area contributed by atoms with Crippen LogP contribution in [0.4, 0.5) is 8.78 Å². The van der Waals surface area contributed by atoms with Crippen molar-refractivity contribution in [2.45, 2.75) is 57.8 Å². The molecule has 176 valence electrons. The zero-order valence-corrected chi connectivity index (χ0v) is 21.1. The Bertz CT molecular complexity index is 1250. The summed E-state index contributed by atoms with van der Waals surface area (Å²) in [6, 6.07) is 10.7. The maximum Gasteiger partial charge on any atom is 0.379 e. The molecule has 1 aromatic heterocycles. The van der Waals surface area contributed by atoms with Gasteiger partial charge in [0.05, 0.1) is 6.61 Å². The molecule has 0 saturated carbocycles. The largest absolute Gasteiger partial charge is 0.598 e. The van der Waals surface area contributed by atoms with E-state index < -0.39 is 33.5 Å². The highest BCUT2D eigenvalue weighted by atomic mass is 32.2. The van der Waals surface area contributed by atoms with Crippen LogP contribution in [0.5, 0.6) is 0 Å². The minimum Gasteiger partial charge on any atom is -0.598 e. The monoisotopic (exact) mass is 491 g/mol. The molecule has 0 saturated heterocycles. The molecule has 0 aliphatic rings. The number of carbonyl (C=O) groups is 1. The van der Waals surface area contributed by atoms with Gasteiger partial charge in [0.25, 0.3) is 0 Å². The van der Waals surface area contributed by atoms with Gasteiger partial charge in [0.1, 0.15) is 4.75 Å². The van der Waals surface area contributed by atoms with E-state index in [0.29, 0.717) is 0 Å². The maximum atomic E-state index is 15.6. The van der Waals surface area contributed by atoms with Gasteiger partial charge in [0, 0.05) is 37.1 Å². The van der Waals surface area contributed by atoms with Crippen LogP contribution in [0.15, 0.2) is 36.4 Å². The van der Waals surface area contributed by atoms with E-state index in [4.69, 9.17) is 0 Å². The van der Waals surface area contributed by atoms with Crippen molar-refractivity contribution >= 4 is 48.8 Å². The summed E-state index contributed by atoms with van der Waals surface area (Å²) in [4.78, 5) is 12.3. The molecular weight excluding hydrogens is 464 g/mol. The molecule has 0 spiro atoms. The number of nitrogens with one attached hydrogen (secondary N) is 1. The van der Waals surface area contributed by atoms with Crippen LogP contribution in [0, 0.1) is 11.8 Å². The number of fused-ring (bicyclic) bond motifs is 3. The Morgan fingerprint density at radius 3 is 2.30 bits per heavy atom. The van der Waals surface area contributed by atoms with Crippen molar-refractivity contribution < 1.29 is 22.9 Å². The first-order valence-electron chi connectivity index (χ1n) is 10.5. The lowest BCUT2D eigenvalue weighted by molar-refractivity contribution is -0.183. The second kappa shape index (κ2) is 9.22. The Balaban J connectivity index is 2.24. The summed E-state index contributed by atoms with van der Waals surface area (Å²) in [6.07, 6.45) is 0. The minimum absolute atomic E-state index is 0.136. The van der Waals surface area contributed by atoms with E-state index >= 15 is 8.78 Å². The van der Waals surface area contributed by atoms with Crippen LogP contribution >= 0.6 is 11.3 Å². The lowest BCUT2D eigenvalue weighted by atomic mass is 9.85. The highest BCUT2D eigenvalue weighted by molar-refractivity contribution is 7.90. The number of hydrogen-bond donors (Lipinski definition) is 1. The molecule has 2 atom stereocenters. The van der Waals surface area contributed by atoms with Crippen molar-refractivity contribution in [3.63, 3.8) is 0 Å². The van der Waals surface area contributed by atoms with E-state index in [0.717, 1.165) is 25.7 Å². The normalized spacial score (nSPS) is 15.1. The molecule has 0 amide bonds. The van der Waals surface area contributed by atoms with Crippen molar-refractivity contribution in [3.05, 3.63) is 47.5 Å². The molecule has 4 nitrogen and oxygen atoms in total. The Labute approximate surface area is 200 Å². The van der Waals surface area contributed by atoms with Gasteiger partial charge in [0.15, 0.2) is 5.54 Å². The molecule has 0 unspecified atom stereocenters. The van der Waals surface area contributed by atoms with E-state index in [1.807, 2.05) is 18.2 Å². The highest BCUT2D eigenvalue weighted by Crippen LogP contribution is 2.43. The van der Waals surface area contributed by atoms with E-state index in [-0.39, 0.29) is 12.2 Å². The molecule has 3 rings (SSSR count). The van der Waals surface area contributed by atoms with Crippen LogP contribution < -0.4 is 4.72 Å². The van der Waals surface area contributed by atoms with Crippen LogP contribution in [0.1, 0.15) is 52.7 Å².